The van der Waals surface area contributed by atoms with Crippen molar-refractivity contribution in [3.8, 4) is 6.01 Å². The third-order valence-electron chi connectivity index (χ3n) is 3.82. The Morgan fingerprint density at radius 3 is 2.72 bits per heavy atom. The van der Waals surface area contributed by atoms with Gasteiger partial charge in [-0.15, -0.1) is 5.10 Å². The second-order valence-electron chi connectivity index (χ2n) is 5.72. The normalized spacial score (nSPS) is 20.2. The van der Waals surface area contributed by atoms with Gasteiger partial charge in [0.25, 0.3) is 0 Å². The lowest BCUT2D eigenvalue weighted by atomic mass is 9.93. The lowest BCUT2D eigenvalue weighted by Gasteiger charge is -2.28. The van der Waals surface area contributed by atoms with Crippen LogP contribution in [-0.2, 0) is 11.8 Å². The molecule has 0 radical (unpaired) electrons. The number of amides is 1. The minimum Gasteiger partial charge on any atom is -0.460 e. The van der Waals surface area contributed by atoms with Crippen molar-refractivity contribution in [2.75, 3.05) is 5.75 Å². The highest BCUT2D eigenvalue weighted by molar-refractivity contribution is 7.99. The molecule has 2 heterocycles. The van der Waals surface area contributed by atoms with Gasteiger partial charge >= 0.3 is 6.01 Å². The van der Waals surface area contributed by atoms with E-state index in [0.717, 1.165) is 38.1 Å². The zero-order chi connectivity index (χ0) is 17.6. The van der Waals surface area contributed by atoms with Crippen LogP contribution in [0.25, 0.3) is 0 Å². The van der Waals surface area contributed by atoms with Gasteiger partial charge in [-0.3, -0.25) is 4.79 Å². The monoisotopic (exact) mass is 367 g/mol. The second kappa shape index (κ2) is 8.19. The molecule has 9 nitrogen and oxygen atoms in total. The molecule has 1 saturated carbocycles. The molecule has 1 amide bonds. The third-order valence-corrected chi connectivity index (χ3v) is 4.83. The first kappa shape index (κ1) is 17.5. The lowest BCUT2D eigenvalue weighted by Crippen LogP contribution is -2.40. The zero-order valence-electron chi connectivity index (χ0n) is 13.6. The number of aromatic nitrogens is 6. The van der Waals surface area contributed by atoms with E-state index in [1.165, 1.54) is 16.4 Å². The van der Waals surface area contributed by atoms with Crippen LogP contribution in [0.5, 0.6) is 6.01 Å². The number of halogens is 1. The molecule has 1 aliphatic carbocycles. The maximum absolute atomic E-state index is 12.8. The Morgan fingerprint density at radius 2 is 2.08 bits per heavy atom. The number of thioether (sulfide) groups is 1. The highest BCUT2D eigenvalue weighted by Gasteiger charge is 2.24. The molecule has 11 heteroatoms. The van der Waals surface area contributed by atoms with Crippen molar-refractivity contribution in [1.82, 2.24) is 35.5 Å². The fourth-order valence-corrected chi connectivity index (χ4v) is 3.24. The predicted molar refractivity (Wildman–Crippen MR) is 86.3 cm³/mol. The molecule has 134 valence electrons. The number of aryl methyl sites for hydroxylation is 1. The van der Waals surface area contributed by atoms with E-state index in [-0.39, 0.29) is 29.8 Å². The quantitative estimate of drug-likeness (QED) is 0.745. The average Bonchev–Trinajstić information content (AvgIpc) is 3.02. The Kier molecular flexibility index (Phi) is 5.74. The van der Waals surface area contributed by atoms with Gasteiger partial charge in [0.05, 0.1) is 18.1 Å². The average molecular weight is 367 g/mol. The largest absolute Gasteiger partial charge is 0.460 e. The molecular formula is C14H18FN7O2S. The van der Waals surface area contributed by atoms with Gasteiger partial charge in [-0.1, -0.05) is 11.8 Å². The topological polar surface area (TPSA) is 108 Å². The minimum absolute atomic E-state index is 0.0160. The van der Waals surface area contributed by atoms with Crippen LogP contribution in [0, 0.1) is 5.82 Å². The van der Waals surface area contributed by atoms with Crippen LogP contribution < -0.4 is 10.1 Å². The summed E-state index contributed by atoms with van der Waals surface area (Å²) in [6.45, 7) is 0. The SMILES string of the molecule is Cn1nnnc1SCC(=O)NC1CCC(Oc2ncc(F)cn2)CC1. The van der Waals surface area contributed by atoms with Crippen molar-refractivity contribution < 1.29 is 13.9 Å². The molecular weight excluding hydrogens is 349 g/mol. The Bertz CT molecular complexity index is 703. The lowest BCUT2D eigenvalue weighted by molar-refractivity contribution is -0.119. The van der Waals surface area contributed by atoms with E-state index in [9.17, 15) is 9.18 Å². The molecule has 0 aromatic carbocycles. The summed E-state index contributed by atoms with van der Waals surface area (Å²) in [7, 11) is 1.73. The van der Waals surface area contributed by atoms with Crippen molar-refractivity contribution in [3.05, 3.63) is 18.2 Å². The first-order valence-corrected chi connectivity index (χ1v) is 8.87. The number of hydrogen-bond donors (Lipinski definition) is 1. The number of carbonyl (C=O) groups excluding carboxylic acids is 1. The van der Waals surface area contributed by atoms with Crippen LogP contribution in [-0.4, -0.2) is 54.0 Å². The molecule has 0 saturated heterocycles. The van der Waals surface area contributed by atoms with Gasteiger partial charge in [-0.05, 0) is 36.1 Å². The zero-order valence-corrected chi connectivity index (χ0v) is 14.4. The Morgan fingerprint density at radius 1 is 1.36 bits per heavy atom. The van der Waals surface area contributed by atoms with Crippen molar-refractivity contribution in [1.29, 1.82) is 0 Å². The summed E-state index contributed by atoms with van der Waals surface area (Å²) >= 11 is 1.30. The number of hydrogen-bond acceptors (Lipinski definition) is 8. The molecule has 2 aromatic rings. The maximum atomic E-state index is 12.8. The van der Waals surface area contributed by atoms with Gasteiger partial charge in [0.2, 0.25) is 11.1 Å². The summed E-state index contributed by atoms with van der Waals surface area (Å²) < 4.78 is 19.9. The molecule has 1 fully saturated rings. The molecule has 0 atom stereocenters. The number of ether oxygens (including phenoxy) is 1. The predicted octanol–water partition coefficient (Wildman–Crippen LogP) is 0.738. The van der Waals surface area contributed by atoms with Crippen molar-refractivity contribution in [2.24, 2.45) is 7.05 Å². The van der Waals surface area contributed by atoms with Crippen LogP contribution in [0.15, 0.2) is 17.6 Å². The fraction of sp³-hybridized carbons (Fsp3) is 0.571. The van der Waals surface area contributed by atoms with Crippen LogP contribution in [0.2, 0.25) is 0 Å². The standard InChI is InChI=1S/C14H18FN7O2S/c1-22-14(19-20-21-22)25-8-12(23)18-10-2-4-11(5-3-10)24-13-16-6-9(15)7-17-13/h6-7,10-11H,2-5,8H2,1H3,(H,18,23). The number of tetrazole rings is 1. The van der Waals surface area contributed by atoms with Crippen molar-refractivity contribution in [3.63, 3.8) is 0 Å². The summed E-state index contributed by atoms with van der Waals surface area (Å²) in [5.74, 6) is -0.262. The first-order chi connectivity index (χ1) is 12.1. The van der Waals surface area contributed by atoms with Crippen LogP contribution in [0.1, 0.15) is 25.7 Å². The van der Waals surface area contributed by atoms with E-state index >= 15 is 0 Å². The highest BCUT2D eigenvalue weighted by Crippen LogP contribution is 2.22. The molecule has 0 spiro atoms. The molecule has 0 bridgehead atoms. The summed E-state index contributed by atoms with van der Waals surface area (Å²) in [5, 5.41) is 14.7. The number of nitrogens with zero attached hydrogens (tertiary/aromatic N) is 6. The Hall–Kier alpha value is -2.30. The third kappa shape index (κ3) is 5.08. The van der Waals surface area contributed by atoms with Gasteiger partial charge in [-0.2, -0.15) is 0 Å². The number of rotatable bonds is 6. The minimum atomic E-state index is -0.492. The number of carbonyl (C=O) groups is 1. The molecule has 0 aliphatic heterocycles. The van der Waals surface area contributed by atoms with E-state index in [4.69, 9.17) is 4.74 Å². The van der Waals surface area contributed by atoms with Gasteiger partial charge in [0, 0.05) is 13.1 Å². The van der Waals surface area contributed by atoms with Crippen LogP contribution in [0.3, 0.4) is 0 Å². The van der Waals surface area contributed by atoms with Crippen LogP contribution in [0.4, 0.5) is 4.39 Å². The van der Waals surface area contributed by atoms with E-state index in [2.05, 4.69) is 30.8 Å². The molecule has 25 heavy (non-hydrogen) atoms. The van der Waals surface area contributed by atoms with Gasteiger partial charge in [-0.25, -0.2) is 19.0 Å². The van der Waals surface area contributed by atoms with E-state index in [0.29, 0.717) is 5.16 Å². The molecule has 3 rings (SSSR count). The summed E-state index contributed by atoms with van der Waals surface area (Å²) in [4.78, 5) is 19.6. The van der Waals surface area contributed by atoms with Crippen molar-refractivity contribution in [2.45, 2.75) is 43.0 Å². The second-order valence-corrected chi connectivity index (χ2v) is 6.66. The van der Waals surface area contributed by atoms with E-state index in [1.54, 1.807) is 7.05 Å². The summed E-state index contributed by atoms with van der Waals surface area (Å²) in [6, 6.07) is 0.308. The van der Waals surface area contributed by atoms with E-state index < -0.39 is 5.82 Å². The van der Waals surface area contributed by atoms with Crippen LogP contribution >= 0.6 is 11.8 Å². The summed E-state index contributed by atoms with van der Waals surface area (Å²) in [5.41, 5.74) is 0. The summed E-state index contributed by atoms with van der Waals surface area (Å²) in [6.07, 6.45) is 5.34. The molecule has 0 unspecified atom stereocenters. The number of nitrogens with one attached hydrogen (secondary N) is 1. The van der Waals surface area contributed by atoms with Crippen molar-refractivity contribution >= 4 is 17.7 Å². The Labute approximate surface area is 147 Å². The maximum Gasteiger partial charge on any atom is 0.316 e. The fourth-order valence-electron chi connectivity index (χ4n) is 2.58. The molecule has 1 aliphatic rings. The smallest absolute Gasteiger partial charge is 0.316 e. The highest BCUT2D eigenvalue weighted by atomic mass is 32.2. The van der Waals surface area contributed by atoms with Gasteiger partial charge in [0.1, 0.15) is 6.10 Å². The Balaban J connectivity index is 1.38. The van der Waals surface area contributed by atoms with Gasteiger partial charge < -0.3 is 10.1 Å². The molecule has 2 aromatic heterocycles. The van der Waals surface area contributed by atoms with Gasteiger partial charge in [0.15, 0.2) is 5.82 Å². The van der Waals surface area contributed by atoms with E-state index in [1.807, 2.05) is 0 Å². The first-order valence-electron chi connectivity index (χ1n) is 7.89. The molecule has 1 N–H and O–H groups in total.